The first-order chi connectivity index (χ1) is 13.6. The zero-order valence-electron chi connectivity index (χ0n) is 16.9. The molecule has 2 amide bonds. The summed E-state index contributed by atoms with van der Waals surface area (Å²) in [6, 6.07) is 3.31. The second-order valence-corrected chi connectivity index (χ2v) is 7.39. The number of phenols is 1. The predicted octanol–water partition coefficient (Wildman–Crippen LogP) is 0.101. The summed E-state index contributed by atoms with van der Waals surface area (Å²) in [5.41, 5.74) is 12.0. The zero-order chi connectivity index (χ0) is 22.0. The largest absolute Gasteiger partial charge is 0.508 e. The van der Waals surface area contributed by atoms with Crippen LogP contribution >= 0.6 is 0 Å². The maximum atomic E-state index is 12.8. The first-order valence-electron chi connectivity index (χ1n) is 9.72. The minimum atomic E-state index is -1.15. The molecule has 29 heavy (non-hydrogen) atoms. The number of nitrogens with two attached hydrogens (primary N) is 2. The molecule has 9 nitrogen and oxygen atoms in total. The summed E-state index contributed by atoms with van der Waals surface area (Å²) in [6.45, 7) is 4.02. The van der Waals surface area contributed by atoms with Gasteiger partial charge in [-0.2, -0.15) is 0 Å². The van der Waals surface area contributed by atoms with Crippen molar-refractivity contribution in [3.8, 4) is 5.75 Å². The lowest BCUT2D eigenvalue weighted by molar-refractivity contribution is -0.142. The van der Waals surface area contributed by atoms with Crippen LogP contribution in [0.4, 0.5) is 0 Å². The topological polar surface area (TPSA) is 168 Å². The molecule has 0 bridgehead atoms. The minimum absolute atomic E-state index is 0.0754. The number of carboxylic acids is 1. The molecule has 162 valence electrons. The summed E-state index contributed by atoms with van der Waals surface area (Å²) >= 11 is 0. The molecule has 1 aromatic rings. The average Bonchev–Trinajstić information content (AvgIpc) is 2.67. The lowest BCUT2D eigenvalue weighted by atomic mass is 10.0. The second-order valence-electron chi connectivity index (χ2n) is 7.39. The summed E-state index contributed by atoms with van der Waals surface area (Å²) in [7, 11) is 0. The smallest absolute Gasteiger partial charge is 0.326 e. The van der Waals surface area contributed by atoms with Crippen LogP contribution in [0.25, 0.3) is 0 Å². The normalized spacial score (nSPS) is 14.1. The van der Waals surface area contributed by atoms with E-state index in [2.05, 4.69) is 10.6 Å². The molecule has 0 heterocycles. The summed E-state index contributed by atoms with van der Waals surface area (Å²) in [5, 5.41) is 23.9. The van der Waals surface area contributed by atoms with E-state index in [-0.39, 0.29) is 24.5 Å². The molecular formula is C20H32N4O5. The Balaban J connectivity index is 2.94. The van der Waals surface area contributed by atoms with Crippen molar-refractivity contribution < 1.29 is 24.6 Å². The maximum Gasteiger partial charge on any atom is 0.326 e. The first-order valence-corrected chi connectivity index (χ1v) is 9.72. The van der Waals surface area contributed by atoms with Crippen LogP contribution in [0.3, 0.4) is 0 Å². The number of carboxylic acid groups (broad SMARTS) is 1. The van der Waals surface area contributed by atoms with Crippen molar-refractivity contribution in [3.63, 3.8) is 0 Å². The molecule has 0 fully saturated rings. The van der Waals surface area contributed by atoms with Crippen molar-refractivity contribution in [1.29, 1.82) is 0 Å². The molecule has 0 saturated carbocycles. The average molecular weight is 408 g/mol. The van der Waals surface area contributed by atoms with E-state index in [0.717, 1.165) is 0 Å². The number of carbonyl (C=O) groups is 3. The van der Waals surface area contributed by atoms with E-state index in [1.54, 1.807) is 26.0 Å². The molecule has 0 aliphatic rings. The van der Waals surface area contributed by atoms with Crippen molar-refractivity contribution in [1.82, 2.24) is 10.6 Å². The van der Waals surface area contributed by atoms with Gasteiger partial charge in [0.25, 0.3) is 0 Å². The van der Waals surface area contributed by atoms with Gasteiger partial charge in [0.1, 0.15) is 17.8 Å². The minimum Gasteiger partial charge on any atom is -0.508 e. The number of aliphatic carboxylic acids is 1. The highest BCUT2D eigenvalue weighted by molar-refractivity contribution is 5.92. The van der Waals surface area contributed by atoms with E-state index < -0.39 is 35.9 Å². The highest BCUT2D eigenvalue weighted by Crippen LogP contribution is 2.12. The van der Waals surface area contributed by atoms with Crippen LogP contribution in [0, 0.1) is 5.92 Å². The molecule has 8 N–H and O–H groups in total. The van der Waals surface area contributed by atoms with Crippen LogP contribution in [0.5, 0.6) is 5.75 Å². The van der Waals surface area contributed by atoms with E-state index in [1.165, 1.54) is 12.1 Å². The number of hydrogen-bond acceptors (Lipinski definition) is 6. The molecule has 0 radical (unpaired) electrons. The Hall–Kier alpha value is -2.65. The molecule has 0 spiro atoms. The molecule has 0 aromatic heterocycles. The molecule has 9 heteroatoms. The number of phenolic OH excluding ortho intramolecular Hbond substituents is 1. The molecule has 1 aromatic carbocycles. The van der Waals surface area contributed by atoms with Crippen molar-refractivity contribution in [2.75, 3.05) is 6.54 Å². The quantitative estimate of drug-likeness (QED) is 0.267. The van der Waals surface area contributed by atoms with E-state index >= 15 is 0 Å². The van der Waals surface area contributed by atoms with Gasteiger partial charge in [-0.25, -0.2) is 4.79 Å². The molecule has 0 aliphatic heterocycles. The molecule has 0 aliphatic carbocycles. The van der Waals surface area contributed by atoms with Gasteiger partial charge in [-0.3, -0.25) is 9.59 Å². The van der Waals surface area contributed by atoms with Gasteiger partial charge in [-0.15, -0.1) is 0 Å². The highest BCUT2D eigenvalue weighted by atomic mass is 16.4. The number of aromatic hydroxyl groups is 1. The van der Waals surface area contributed by atoms with Crippen LogP contribution < -0.4 is 22.1 Å². The third-order valence-corrected chi connectivity index (χ3v) is 4.59. The van der Waals surface area contributed by atoms with Gasteiger partial charge in [-0.05, 0) is 49.4 Å². The van der Waals surface area contributed by atoms with Crippen molar-refractivity contribution >= 4 is 17.8 Å². The number of hydrogen-bond donors (Lipinski definition) is 6. The van der Waals surface area contributed by atoms with Gasteiger partial charge in [0, 0.05) is 6.42 Å². The predicted molar refractivity (Wildman–Crippen MR) is 109 cm³/mol. The summed E-state index contributed by atoms with van der Waals surface area (Å²) in [4.78, 5) is 36.7. The third-order valence-electron chi connectivity index (χ3n) is 4.59. The fourth-order valence-electron chi connectivity index (χ4n) is 2.67. The highest BCUT2D eigenvalue weighted by Gasteiger charge is 2.28. The first kappa shape index (κ1) is 24.4. The van der Waals surface area contributed by atoms with Gasteiger partial charge < -0.3 is 32.3 Å². The van der Waals surface area contributed by atoms with Crippen LogP contribution in [0.2, 0.25) is 0 Å². The van der Waals surface area contributed by atoms with E-state index in [9.17, 15) is 24.6 Å². The Morgan fingerprint density at radius 2 is 1.59 bits per heavy atom. The number of nitrogens with one attached hydrogen (secondary N) is 2. The van der Waals surface area contributed by atoms with Crippen LogP contribution in [-0.2, 0) is 20.8 Å². The zero-order valence-corrected chi connectivity index (χ0v) is 16.9. The van der Waals surface area contributed by atoms with E-state index in [0.29, 0.717) is 24.9 Å². The Kier molecular flexibility index (Phi) is 10.1. The number of unbranched alkanes of at least 4 members (excludes halogenated alkanes) is 1. The molecule has 1 rings (SSSR count). The Bertz CT molecular complexity index is 678. The standard InChI is InChI=1S/C20H32N4O5/c1-12(2)17(22)19(27)24-16(11-13-6-8-14(25)9-7-13)18(26)23-15(20(28)29)5-3-4-10-21/h6-9,12,15-17,25H,3-5,10-11,21-22H2,1-2H3,(H,23,26)(H,24,27)(H,28,29). The van der Waals surface area contributed by atoms with Gasteiger partial charge in [0.2, 0.25) is 11.8 Å². The number of amides is 2. The Labute approximate surface area is 170 Å². The van der Waals surface area contributed by atoms with Crippen molar-refractivity contribution in [2.45, 2.75) is 57.7 Å². The summed E-state index contributed by atoms with van der Waals surface area (Å²) in [5.74, 6) is -2.30. The van der Waals surface area contributed by atoms with Gasteiger partial charge in [-0.1, -0.05) is 26.0 Å². The van der Waals surface area contributed by atoms with E-state index in [1.807, 2.05) is 0 Å². The molecular weight excluding hydrogens is 376 g/mol. The Morgan fingerprint density at radius 1 is 1.00 bits per heavy atom. The SMILES string of the molecule is CC(C)C(N)C(=O)NC(Cc1ccc(O)cc1)C(=O)NC(CCCCN)C(=O)O. The van der Waals surface area contributed by atoms with E-state index in [4.69, 9.17) is 11.5 Å². The van der Waals surface area contributed by atoms with Crippen LogP contribution in [0.15, 0.2) is 24.3 Å². The number of benzene rings is 1. The summed E-state index contributed by atoms with van der Waals surface area (Å²) in [6.07, 6.45) is 1.57. The van der Waals surface area contributed by atoms with Gasteiger partial charge in [0.05, 0.1) is 6.04 Å². The lowest BCUT2D eigenvalue weighted by Crippen LogP contribution is -2.56. The molecule has 3 unspecified atom stereocenters. The van der Waals surface area contributed by atoms with Gasteiger partial charge in [0.15, 0.2) is 0 Å². The monoisotopic (exact) mass is 408 g/mol. The van der Waals surface area contributed by atoms with Crippen molar-refractivity contribution in [2.24, 2.45) is 17.4 Å². The van der Waals surface area contributed by atoms with Crippen LogP contribution in [-0.4, -0.2) is 52.7 Å². The third kappa shape index (κ3) is 8.49. The van der Waals surface area contributed by atoms with Gasteiger partial charge >= 0.3 is 5.97 Å². The maximum absolute atomic E-state index is 12.8. The molecule has 0 saturated heterocycles. The lowest BCUT2D eigenvalue weighted by Gasteiger charge is -2.24. The van der Waals surface area contributed by atoms with Crippen LogP contribution in [0.1, 0.15) is 38.7 Å². The number of carbonyl (C=O) groups excluding carboxylic acids is 2. The fraction of sp³-hybridized carbons (Fsp3) is 0.550. The summed E-state index contributed by atoms with van der Waals surface area (Å²) < 4.78 is 0. The second kappa shape index (κ2) is 12.0. The Morgan fingerprint density at radius 3 is 2.10 bits per heavy atom. The molecule has 3 atom stereocenters. The van der Waals surface area contributed by atoms with Crippen molar-refractivity contribution in [3.05, 3.63) is 29.8 Å². The fourth-order valence-corrected chi connectivity index (χ4v) is 2.67. The number of rotatable bonds is 12.